The lowest BCUT2D eigenvalue weighted by atomic mass is 10.1. The molecule has 182 valence electrons. The van der Waals surface area contributed by atoms with Crippen LogP contribution in [0.1, 0.15) is 23.2 Å². The van der Waals surface area contributed by atoms with Crippen molar-refractivity contribution >= 4 is 56.4 Å². The molecule has 10 heteroatoms. The van der Waals surface area contributed by atoms with E-state index in [1.54, 1.807) is 47.4 Å². The van der Waals surface area contributed by atoms with E-state index < -0.39 is 22.5 Å². The number of nitrogens with one attached hydrogen (secondary N) is 1. The first-order valence-electron chi connectivity index (χ1n) is 11.0. The van der Waals surface area contributed by atoms with Crippen molar-refractivity contribution in [3.63, 3.8) is 0 Å². The summed E-state index contributed by atoms with van der Waals surface area (Å²) in [5.41, 5.74) is 0.908. The van der Waals surface area contributed by atoms with Crippen LogP contribution in [0.5, 0.6) is 0 Å². The maximum atomic E-state index is 13.5. The molecule has 1 saturated heterocycles. The van der Waals surface area contributed by atoms with Gasteiger partial charge >= 0.3 is 0 Å². The highest BCUT2D eigenvalue weighted by Crippen LogP contribution is 2.27. The summed E-state index contributed by atoms with van der Waals surface area (Å²) in [6, 6.07) is 18.6. The van der Waals surface area contributed by atoms with Gasteiger partial charge in [0.05, 0.1) is 21.8 Å². The highest BCUT2D eigenvalue weighted by molar-refractivity contribution is 7.92. The van der Waals surface area contributed by atoms with E-state index in [0.717, 1.165) is 17.1 Å². The average molecular weight is 532 g/mol. The molecule has 3 aromatic rings. The van der Waals surface area contributed by atoms with E-state index in [-0.39, 0.29) is 16.5 Å². The van der Waals surface area contributed by atoms with E-state index in [1.165, 1.54) is 30.3 Å². The van der Waals surface area contributed by atoms with Crippen molar-refractivity contribution in [3.8, 4) is 0 Å². The maximum Gasteiger partial charge on any atom is 0.264 e. The summed E-state index contributed by atoms with van der Waals surface area (Å²) >= 11 is 12.0. The lowest BCUT2D eigenvalue weighted by Crippen LogP contribution is -2.38. The average Bonchev–Trinajstić information content (AvgIpc) is 3.38. The standard InChI is InChI=1S/C25H23Cl2N3O4S/c26-18-10-12-21(13-11-18)35(33,34)30(20-7-5-6-19(27)16-20)17-24(31)28-23-9-2-1-8-22(23)25(32)29-14-3-4-15-29/h1-2,5-13,16H,3-4,14-15,17H2,(H,28,31). The van der Waals surface area contributed by atoms with Crippen LogP contribution in [0, 0.1) is 0 Å². The largest absolute Gasteiger partial charge is 0.339 e. The Balaban J connectivity index is 1.63. The van der Waals surface area contributed by atoms with Gasteiger partial charge in [-0.3, -0.25) is 13.9 Å². The molecule has 0 saturated carbocycles. The van der Waals surface area contributed by atoms with Gasteiger partial charge in [0.1, 0.15) is 6.54 Å². The minimum Gasteiger partial charge on any atom is -0.339 e. The molecule has 0 unspecified atom stereocenters. The van der Waals surface area contributed by atoms with Crippen LogP contribution in [0.3, 0.4) is 0 Å². The van der Waals surface area contributed by atoms with Gasteiger partial charge in [0, 0.05) is 23.1 Å². The molecular formula is C25H23Cl2N3O4S. The molecule has 0 aromatic heterocycles. The smallest absolute Gasteiger partial charge is 0.264 e. The van der Waals surface area contributed by atoms with E-state index in [9.17, 15) is 18.0 Å². The van der Waals surface area contributed by atoms with Crippen molar-refractivity contribution in [1.29, 1.82) is 0 Å². The van der Waals surface area contributed by atoms with E-state index in [2.05, 4.69) is 5.32 Å². The van der Waals surface area contributed by atoms with Gasteiger partial charge in [0.2, 0.25) is 5.91 Å². The molecule has 0 radical (unpaired) electrons. The topological polar surface area (TPSA) is 86.8 Å². The van der Waals surface area contributed by atoms with Crippen LogP contribution in [0.15, 0.2) is 77.7 Å². The van der Waals surface area contributed by atoms with Crippen molar-refractivity contribution in [2.24, 2.45) is 0 Å². The number of halogens is 2. The van der Waals surface area contributed by atoms with Gasteiger partial charge in [-0.25, -0.2) is 8.42 Å². The van der Waals surface area contributed by atoms with Crippen LogP contribution in [0.25, 0.3) is 0 Å². The number of para-hydroxylation sites is 1. The second-order valence-electron chi connectivity index (χ2n) is 8.04. The molecule has 4 rings (SSSR count). The molecule has 1 heterocycles. The summed E-state index contributed by atoms with van der Waals surface area (Å²) in [5, 5.41) is 3.42. The third-order valence-electron chi connectivity index (χ3n) is 5.61. The Labute approximate surface area is 214 Å². The minimum absolute atomic E-state index is 0.0284. The Morgan fingerprint density at radius 2 is 1.57 bits per heavy atom. The summed E-state index contributed by atoms with van der Waals surface area (Å²) in [6.07, 6.45) is 1.88. The predicted octanol–water partition coefficient (Wildman–Crippen LogP) is 5.06. The molecule has 0 atom stereocenters. The van der Waals surface area contributed by atoms with Crippen molar-refractivity contribution in [1.82, 2.24) is 4.90 Å². The highest BCUT2D eigenvalue weighted by Gasteiger charge is 2.28. The molecule has 7 nitrogen and oxygen atoms in total. The highest BCUT2D eigenvalue weighted by atomic mass is 35.5. The molecule has 3 aromatic carbocycles. The Kier molecular flexibility index (Phi) is 7.64. The molecule has 0 spiro atoms. The lowest BCUT2D eigenvalue weighted by molar-refractivity contribution is -0.114. The number of anilines is 2. The number of carbonyl (C=O) groups is 2. The van der Waals surface area contributed by atoms with E-state index in [0.29, 0.717) is 34.4 Å². The zero-order valence-electron chi connectivity index (χ0n) is 18.7. The number of sulfonamides is 1. The van der Waals surface area contributed by atoms with Crippen molar-refractivity contribution < 1.29 is 18.0 Å². The Morgan fingerprint density at radius 1 is 0.886 bits per heavy atom. The quantitative estimate of drug-likeness (QED) is 0.461. The monoisotopic (exact) mass is 531 g/mol. The second-order valence-corrected chi connectivity index (χ2v) is 10.8. The van der Waals surface area contributed by atoms with Crippen LogP contribution in [0.2, 0.25) is 10.0 Å². The summed E-state index contributed by atoms with van der Waals surface area (Å²) in [7, 11) is -4.13. The van der Waals surface area contributed by atoms with Crippen molar-refractivity contribution in [2.45, 2.75) is 17.7 Å². The number of nitrogens with zero attached hydrogens (tertiary/aromatic N) is 2. The van der Waals surface area contributed by atoms with E-state index in [4.69, 9.17) is 23.2 Å². The van der Waals surface area contributed by atoms with Crippen LogP contribution in [-0.2, 0) is 14.8 Å². The number of benzene rings is 3. The first-order chi connectivity index (χ1) is 16.8. The fourth-order valence-corrected chi connectivity index (χ4v) is 5.59. The predicted molar refractivity (Wildman–Crippen MR) is 138 cm³/mol. The summed E-state index contributed by atoms with van der Waals surface area (Å²) in [6.45, 7) is 0.809. The number of rotatable bonds is 7. The van der Waals surface area contributed by atoms with Gasteiger partial charge in [0.15, 0.2) is 0 Å². The SMILES string of the molecule is O=C(CN(c1cccc(Cl)c1)S(=O)(=O)c1ccc(Cl)cc1)Nc1ccccc1C(=O)N1CCCC1. The minimum atomic E-state index is -4.13. The van der Waals surface area contributed by atoms with E-state index in [1.807, 2.05) is 0 Å². The second kappa shape index (κ2) is 10.7. The number of amides is 2. The van der Waals surface area contributed by atoms with Gasteiger partial charge in [-0.2, -0.15) is 0 Å². The number of carbonyl (C=O) groups excluding carboxylic acids is 2. The van der Waals surface area contributed by atoms with Crippen LogP contribution in [-0.4, -0.2) is 44.8 Å². The normalized spacial score (nSPS) is 13.5. The molecule has 0 bridgehead atoms. The van der Waals surface area contributed by atoms with Gasteiger partial charge in [-0.05, 0) is 67.4 Å². The maximum absolute atomic E-state index is 13.5. The van der Waals surface area contributed by atoms with Gasteiger partial charge < -0.3 is 10.2 Å². The first kappa shape index (κ1) is 25.0. The molecule has 1 N–H and O–H groups in total. The summed E-state index contributed by atoms with van der Waals surface area (Å²) in [4.78, 5) is 27.8. The molecular weight excluding hydrogens is 509 g/mol. The van der Waals surface area contributed by atoms with Crippen LogP contribution in [0.4, 0.5) is 11.4 Å². The molecule has 1 fully saturated rings. The molecule has 2 amide bonds. The summed E-state index contributed by atoms with van der Waals surface area (Å²) in [5.74, 6) is -0.775. The molecule has 1 aliphatic rings. The first-order valence-corrected chi connectivity index (χ1v) is 13.2. The Bertz CT molecular complexity index is 1340. The fourth-order valence-electron chi connectivity index (χ4n) is 3.87. The van der Waals surface area contributed by atoms with Crippen LogP contribution >= 0.6 is 23.2 Å². The fraction of sp³-hybridized carbons (Fsp3) is 0.200. The zero-order chi connectivity index (χ0) is 25.0. The molecule has 35 heavy (non-hydrogen) atoms. The lowest BCUT2D eigenvalue weighted by Gasteiger charge is -2.25. The third-order valence-corrected chi connectivity index (χ3v) is 7.89. The number of hydrogen-bond acceptors (Lipinski definition) is 4. The number of likely N-dealkylation sites (tertiary alicyclic amines) is 1. The van der Waals surface area contributed by atoms with E-state index >= 15 is 0 Å². The Hall–Kier alpha value is -3.07. The van der Waals surface area contributed by atoms with Gasteiger partial charge in [0.25, 0.3) is 15.9 Å². The number of hydrogen-bond donors (Lipinski definition) is 1. The zero-order valence-corrected chi connectivity index (χ0v) is 21.0. The van der Waals surface area contributed by atoms with Gasteiger partial charge in [-0.1, -0.05) is 41.4 Å². The van der Waals surface area contributed by atoms with Gasteiger partial charge in [-0.15, -0.1) is 0 Å². The summed E-state index contributed by atoms with van der Waals surface area (Å²) < 4.78 is 28.0. The third kappa shape index (κ3) is 5.78. The van der Waals surface area contributed by atoms with Crippen molar-refractivity contribution in [2.75, 3.05) is 29.3 Å². The van der Waals surface area contributed by atoms with Crippen LogP contribution < -0.4 is 9.62 Å². The Morgan fingerprint density at radius 3 is 2.26 bits per heavy atom. The molecule has 1 aliphatic heterocycles. The molecule has 0 aliphatic carbocycles. The van der Waals surface area contributed by atoms with Crippen molar-refractivity contribution in [3.05, 3.63) is 88.4 Å².